The van der Waals surface area contributed by atoms with Gasteiger partial charge >= 0.3 is 0 Å². The highest BCUT2D eigenvalue weighted by Gasteiger charge is 2.59. The van der Waals surface area contributed by atoms with Gasteiger partial charge < -0.3 is 4.74 Å². The third kappa shape index (κ3) is 3.15. The molecule has 1 saturated heterocycles. The van der Waals surface area contributed by atoms with Crippen LogP contribution in [0.4, 0.5) is 0 Å². The van der Waals surface area contributed by atoms with E-state index in [0.717, 1.165) is 17.0 Å². The molecule has 6 heteroatoms. The highest BCUT2D eigenvalue weighted by Crippen LogP contribution is 2.52. The number of ether oxygens (including phenoxy) is 1. The lowest BCUT2D eigenvalue weighted by Gasteiger charge is -2.13. The van der Waals surface area contributed by atoms with E-state index in [-0.39, 0.29) is 35.5 Å². The van der Waals surface area contributed by atoms with Gasteiger partial charge in [0.05, 0.1) is 18.1 Å². The number of hydrogen-bond donors (Lipinski definition) is 0. The number of carbonyl (C=O) groups excluding carboxylic acids is 2. The van der Waals surface area contributed by atoms with Gasteiger partial charge in [-0.05, 0) is 42.0 Å². The summed E-state index contributed by atoms with van der Waals surface area (Å²) < 4.78 is 5.92. The zero-order valence-electron chi connectivity index (χ0n) is 15.6. The standard InChI is InChI=1S/C23H19ClN2O3/c24-18-8-9-19(29-13-14-4-2-1-3-5-14)17(11-18)12-25-26-22(27)20-15-6-7-16(10-15)21(20)23(26)28/h1-9,11-12,15-16,20-21H,10,13H2. The van der Waals surface area contributed by atoms with Crippen LogP contribution >= 0.6 is 11.6 Å². The Hall–Kier alpha value is -2.92. The molecule has 2 aromatic rings. The van der Waals surface area contributed by atoms with Crippen LogP contribution < -0.4 is 4.74 Å². The molecule has 2 bridgehead atoms. The fraction of sp³-hybridized carbons (Fsp3) is 0.261. The predicted molar refractivity (Wildman–Crippen MR) is 109 cm³/mol. The van der Waals surface area contributed by atoms with Crippen molar-refractivity contribution in [2.24, 2.45) is 28.8 Å². The Balaban J connectivity index is 1.36. The van der Waals surface area contributed by atoms with Gasteiger partial charge in [-0.15, -0.1) is 0 Å². The molecule has 3 aliphatic rings. The van der Waals surface area contributed by atoms with E-state index in [1.807, 2.05) is 30.3 Å². The fourth-order valence-corrected chi connectivity index (χ4v) is 4.79. The molecule has 0 N–H and O–H groups in total. The normalized spacial score (nSPS) is 27.3. The minimum atomic E-state index is -0.261. The topological polar surface area (TPSA) is 59.0 Å². The molecule has 4 unspecified atom stereocenters. The molecule has 4 atom stereocenters. The van der Waals surface area contributed by atoms with E-state index >= 15 is 0 Å². The van der Waals surface area contributed by atoms with E-state index in [9.17, 15) is 9.59 Å². The molecule has 5 rings (SSSR count). The third-order valence-corrected chi connectivity index (χ3v) is 6.20. The molecule has 146 valence electrons. The summed E-state index contributed by atoms with van der Waals surface area (Å²) in [6, 6.07) is 15.0. The number of carbonyl (C=O) groups is 2. The Bertz CT molecular complexity index is 1000. The number of halogens is 1. The zero-order valence-corrected chi connectivity index (χ0v) is 16.3. The van der Waals surface area contributed by atoms with E-state index in [1.54, 1.807) is 18.2 Å². The first-order valence-electron chi connectivity index (χ1n) is 9.68. The second-order valence-electron chi connectivity index (χ2n) is 7.69. The molecule has 0 spiro atoms. The van der Waals surface area contributed by atoms with Gasteiger partial charge in [-0.3, -0.25) is 9.59 Å². The van der Waals surface area contributed by atoms with Gasteiger partial charge in [-0.25, -0.2) is 0 Å². The van der Waals surface area contributed by atoms with E-state index in [2.05, 4.69) is 17.3 Å². The number of allylic oxidation sites excluding steroid dienone is 2. The number of nitrogens with zero attached hydrogens (tertiary/aromatic N) is 2. The summed E-state index contributed by atoms with van der Waals surface area (Å²) in [5.41, 5.74) is 1.65. The average molecular weight is 407 g/mol. The van der Waals surface area contributed by atoms with Crippen molar-refractivity contribution in [3.63, 3.8) is 0 Å². The van der Waals surface area contributed by atoms with Crippen LogP contribution in [0.2, 0.25) is 5.02 Å². The molecular formula is C23H19ClN2O3. The maximum Gasteiger partial charge on any atom is 0.254 e. The van der Waals surface area contributed by atoms with Crippen LogP contribution in [0, 0.1) is 23.7 Å². The molecule has 5 nitrogen and oxygen atoms in total. The van der Waals surface area contributed by atoms with Crippen molar-refractivity contribution in [2.75, 3.05) is 0 Å². The highest BCUT2D eigenvalue weighted by atomic mass is 35.5. The maximum absolute atomic E-state index is 12.8. The molecule has 0 aromatic heterocycles. The molecule has 2 amide bonds. The van der Waals surface area contributed by atoms with Crippen molar-refractivity contribution < 1.29 is 14.3 Å². The molecule has 1 aliphatic heterocycles. The van der Waals surface area contributed by atoms with E-state index < -0.39 is 0 Å². The monoisotopic (exact) mass is 406 g/mol. The number of fused-ring (bicyclic) bond motifs is 5. The largest absolute Gasteiger partial charge is 0.488 e. The summed E-state index contributed by atoms with van der Waals surface area (Å²) in [7, 11) is 0. The first kappa shape index (κ1) is 18.1. The summed E-state index contributed by atoms with van der Waals surface area (Å²) in [5, 5.41) is 5.79. The first-order chi connectivity index (χ1) is 14.1. The summed E-state index contributed by atoms with van der Waals surface area (Å²) in [6.45, 7) is 0.393. The van der Waals surface area contributed by atoms with Gasteiger partial charge in [0.15, 0.2) is 0 Å². The molecule has 0 radical (unpaired) electrons. The lowest BCUT2D eigenvalue weighted by atomic mass is 9.85. The van der Waals surface area contributed by atoms with Crippen molar-refractivity contribution in [1.29, 1.82) is 0 Å². The summed E-state index contributed by atoms with van der Waals surface area (Å²) >= 11 is 6.14. The Kier molecular flexibility index (Phi) is 4.47. The Morgan fingerprint density at radius 3 is 2.41 bits per heavy atom. The smallest absolute Gasteiger partial charge is 0.254 e. The SMILES string of the molecule is O=C1C2C3C=CC(C3)C2C(=O)N1N=Cc1cc(Cl)ccc1OCc1ccccc1. The van der Waals surface area contributed by atoms with Crippen LogP contribution in [0.1, 0.15) is 17.5 Å². The number of hydrogen-bond acceptors (Lipinski definition) is 4. The second-order valence-corrected chi connectivity index (χ2v) is 8.13. The lowest BCUT2D eigenvalue weighted by Crippen LogP contribution is -2.28. The fourth-order valence-electron chi connectivity index (χ4n) is 4.61. The van der Waals surface area contributed by atoms with Gasteiger partial charge in [0.2, 0.25) is 0 Å². The third-order valence-electron chi connectivity index (χ3n) is 5.97. The van der Waals surface area contributed by atoms with Crippen molar-refractivity contribution in [3.8, 4) is 5.75 Å². The molecule has 1 saturated carbocycles. The number of imide groups is 1. The average Bonchev–Trinajstić information content (AvgIpc) is 3.41. The number of benzene rings is 2. The Morgan fingerprint density at radius 2 is 1.72 bits per heavy atom. The second kappa shape index (κ2) is 7.16. The minimum absolute atomic E-state index is 0.164. The summed E-state index contributed by atoms with van der Waals surface area (Å²) in [6.07, 6.45) is 6.52. The number of amides is 2. The first-order valence-corrected chi connectivity index (χ1v) is 10.1. The molecule has 2 fully saturated rings. The lowest BCUT2D eigenvalue weighted by molar-refractivity contribution is -0.140. The van der Waals surface area contributed by atoms with Gasteiger partial charge in [-0.1, -0.05) is 54.1 Å². The maximum atomic E-state index is 12.8. The highest BCUT2D eigenvalue weighted by molar-refractivity contribution is 6.31. The van der Waals surface area contributed by atoms with E-state index in [1.165, 1.54) is 6.21 Å². The van der Waals surface area contributed by atoms with Crippen molar-refractivity contribution >= 4 is 29.6 Å². The van der Waals surface area contributed by atoms with Crippen molar-refractivity contribution in [3.05, 3.63) is 76.8 Å². The quantitative estimate of drug-likeness (QED) is 0.427. The van der Waals surface area contributed by atoms with Crippen LogP contribution in [0.15, 0.2) is 65.8 Å². The summed E-state index contributed by atoms with van der Waals surface area (Å²) in [5.74, 6) is -0.0208. The zero-order chi connectivity index (χ0) is 20.0. The number of hydrazone groups is 1. The Morgan fingerprint density at radius 1 is 1.03 bits per heavy atom. The van der Waals surface area contributed by atoms with Gasteiger partial charge in [0.25, 0.3) is 11.8 Å². The van der Waals surface area contributed by atoms with Crippen LogP contribution in [-0.4, -0.2) is 23.0 Å². The molecule has 2 aliphatic carbocycles. The minimum Gasteiger partial charge on any atom is -0.488 e. The van der Waals surface area contributed by atoms with Crippen LogP contribution in [0.25, 0.3) is 0 Å². The summed E-state index contributed by atoms with van der Waals surface area (Å²) in [4.78, 5) is 25.5. The van der Waals surface area contributed by atoms with Crippen LogP contribution in [-0.2, 0) is 16.2 Å². The number of rotatable bonds is 5. The molecular weight excluding hydrogens is 388 g/mol. The predicted octanol–water partition coefficient (Wildman–Crippen LogP) is 4.06. The molecule has 1 heterocycles. The van der Waals surface area contributed by atoms with Crippen molar-refractivity contribution in [1.82, 2.24) is 5.01 Å². The van der Waals surface area contributed by atoms with E-state index in [0.29, 0.717) is 22.9 Å². The molecule has 29 heavy (non-hydrogen) atoms. The van der Waals surface area contributed by atoms with Gasteiger partial charge in [0.1, 0.15) is 12.4 Å². The van der Waals surface area contributed by atoms with Crippen molar-refractivity contribution in [2.45, 2.75) is 13.0 Å². The molecule has 2 aromatic carbocycles. The van der Waals surface area contributed by atoms with Crippen LogP contribution in [0.3, 0.4) is 0 Å². The van der Waals surface area contributed by atoms with Gasteiger partial charge in [-0.2, -0.15) is 10.1 Å². The van der Waals surface area contributed by atoms with Crippen LogP contribution in [0.5, 0.6) is 5.75 Å². The van der Waals surface area contributed by atoms with Gasteiger partial charge in [0, 0.05) is 10.6 Å². The van der Waals surface area contributed by atoms with E-state index in [4.69, 9.17) is 16.3 Å². The Labute approximate surface area is 173 Å².